The highest BCUT2D eigenvalue weighted by molar-refractivity contribution is 5.86. The van der Waals surface area contributed by atoms with Gasteiger partial charge in [0, 0.05) is 43.1 Å². The van der Waals surface area contributed by atoms with E-state index in [4.69, 9.17) is 4.98 Å². The molecule has 4 rings (SSSR count). The molecule has 0 aliphatic carbocycles. The number of nitrogens with zero attached hydrogens (tertiary/aromatic N) is 7. The molecule has 1 saturated heterocycles. The van der Waals surface area contributed by atoms with Crippen LogP contribution in [0.5, 0.6) is 0 Å². The Morgan fingerprint density at radius 3 is 2.48 bits per heavy atom. The zero-order chi connectivity index (χ0) is 20.8. The molecule has 0 saturated carbocycles. The summed E-state index contributed by atoms with van der Waals surface area (Å²) >= 11 is 0. The van der Waals surface area contributed by atoms with E-state index in [0.717, 1.165) is 53.7 Å². The summed E-state index contributed by atoms with van der Waals surface area (Å²) in [6.07, 6.45) is 6.33. The average molecular weight is 395 g/mol. The van der Waals surface area contributed by atoms with Crippen LogP contribution in [0.25, 0.3) is 22.6 Å². The van der Waals surface area contributed by atoms with Gasteiger partial charge in [-0.05, 0) is 48.0 Å². The van der Waals surface area contributed by atoms with E-state index in [0.29, 0.717) is 12.1 Å². The largest absolute Gasteiger partial charge is 0.364 e. The van der Waals surface area contributed by atoms with Crippen LogP contribution in [0.2, 0.25) is 0 Å². The predicted molar refractivity (Wildman–Crippen MR) is 115 cm³/mol. The lowest BCUT2D eigenvalue weighted by Gasteiger charge is -2.36. The Labute approximate surface area is 171 Å². The first-order chi connectivity index (χ1) is 13.8. The van der Waals surface area contributed by atoms with Crippen LogP contribution in [-0.4, -0.2) is 58.6 Å². The zero-order valence-corrected chi connectivity index (χ0v) is 18.1. The van der Waals surface area contributed by atoms with E-state index in [-0.39, 0.29) is 5.54 Å². The van der Waals surface area contributed by atoms with Crippen molar-refractivity contribution in [3.63, 3.8) is 0 Å². The molecule has 0 unspecified atom stereocenters. The lowest BCUT2D eigenvalue weighted by atomic mass is 10.0. The van der Waals surface area contributed by atoms with Crippen LogP contribution in [0.3, 0.4) is 0 Å². The summed E-state index contributed by atoms with van der Waals surface area (Å²) in [6.45, 7) is 14.9. The summed E-state index contributed by atoms with van der Waals surface area (Å²) in [5.41, 5.74) is 2.67. The number of likely N-dealkylation sites (tertiary alicyclic amines) is 1. The highest BCUT2D eigenvalue weighted by Gasteiger charge is 2.37. The normalized spacial score (nSPS) is 20.5. The molecule has 1 fully saturated rings. The van der Waals surface area contributed by atoms with Gasteiger partial charge in [-0.3, -0.25) is 4.90 Å². The third-order valence-electron chi connectivity index (χ3n) is 5.83. The van der Waals surface area contributed by atoms with Crippen molar-refractivity contribution in [3.05, 3.63) is 24.5 Å². The van der Waals surface area contributed by atoms with E-state index in [1.54, 1.807) is 6.33 Å². The number of aromatic nitrogens is 6. The fourth-order valence-corrected chi connectivity index (χ4v) is 4.33. The smallest absolute Gasteiger partial charge is 0.165 e. The summed E-state index contributed by atoms with van der Waals surface area (Å²) < 4.78 is 2.09. The minimum Gasteiger partial charge on any atom is -0.364 e. The van der Waals surface area contributed by atoms with Crippen LogP contribution in [0, 0.1) is 6.92 Å². The SMILES string of the molecule is CCn1c(-c2cnc(C)nc2)nc2c(N[C@H]3CCN(C(C)(C)C)[C@@H]3C)ncnc21. The maximum Gasteiger partial charge on any atom is 0.165 e. The van der Waals surface area contributed by atoms with Crippen LogP contribution in [0.15, 0.2) is 18.7 Å². The number of fused-ring (bicyclic) bond motifs is 1. The Morgan fingerprint density at radius 1 is 1.14 bits per heavy atom. The molecule has 2 atom stereocenters. The van der Waals surface area contributed by atoms with Gasteiger partial charge in [0.25, 0.3) is 0 Å². The molecule has 8 heteroatoms. The second-order valence-electron chi connectivity index (χ2n) is 8.74. The first kappa shape index (κ1) is 19.7. The Morgan fingerprint density at radius 2 is 1.86 bits per heavy atom. The molecule has 154 valence electrons. The maximum atomic E-state index is 4.90. The van der Waals surface area contributed by atoms with Gasteiger partial charge in [-0.25, -0.2) is 24.9 Å². The Hall–Kier alpha value is -2.61. The number of aryl methyl sites for hydroxylation is 2. The van der Waals surface area contributed by atoms with Crippen LogP contribution >= 0.6 is 0 Å². The van der Waals surface area contributed by atoms with Crippen molar-refractivity contribution in [2.24, 2.45) is 0 Å². The van der Waals surface area contributed by atoms with Gasteiger partial charge in [0.05, 0.1) is 5.56 Å². The van der Waals surface area contributed by atoms with Crippen LogP contribution < -0.4 is 5.32 Å². The molecule has 29 heavy (non-hydrogen) atoms. The number of nitrogens with one attached hydrogen (secondary N) is 1. The number of rotatable bonds is 4. The summed E-state index contributed by atoms with van der Waals surface area (Å²) in [4.78, 5) is 25.2. The van der Waals surface area contributed by atoms with Crippen molar-refractivity contribution >= 4 is 17.0 Å². The van der Waals surface area contributed by atoms with Gasteiger partial charge >= 0.3 is 0 Å². The Balaban J connectivity index is 1.70. The molecule has 3 aromatic rings. The second kappa shape index (κ2) is 7.33. The van der Waals surface area contributed by atoms with E-state index in [9.17, 15) is 0 Å². The average Bonchev–Trinajstić information content (AvgIpc) is 3.23. The first-order valence-electron chi connectivity index (χ1n) is 10.3. The zero-order valence-electron chi connectivity index (χ0n) is 18.1. The molecule has 1 N–H and O–H groups in total. The fraction of sp³-hybridized carbons (Fsp3) is 0.571. The molecule has 0 aromatic carbocycles. The topological polar surface area (TPSA) is 84.7 Å². The van der Waals surface area contributed by atoms with Crippen molar-refractivity contribution in [1.29, 1.82) is 0 Å². The van der Waals surface area contributed by atoms with Gasteiger partial charge < -0.3 is 9.88 Å². The molecule has 0 amide bonds. The quantitative estimate of drug-likeness (QED) is 0.727. The molecule has 0 radical (unpaired) electrons. The molecular weight excluding hydrogens is 364 g/mol. The van der Waals surface area contributed by atoms with Crippen molar-refractivity contribution in [3.8, 4) is 11.4 Å². The Kier molecular flexibility index (Phi) is 4.98. The van der Waals surface area contributed by atoms with E-state index in [1.165, 1.54) is 0 Å². The molecule has 1 aliphatic rings. The standard InChI is InChI=1S/C21H30N8/c1-7-28-19(15-10-22-14(3)23-11-15)27-17-18(24-12-25-20(17)28)26-16-8-9-29(13(16)2)21(4,5)6/h10-13,16H,7-9H2,1-6H3,(H,24,25,26)/t13-,16+/m1/s1. The minimum absolute atomic E-state index is 0.152. The van der Waals surface area contributed by atoms with E-state index in [1.807, 2.05) is 19.3 Å². The first-order valence-corrected chi connectivity index (χ1v) is 10.3. The number of anilines is 1. The van der Waals surface area contributed by atoms with Gasteiger partial charge in [-0.15, -0.1) is 0 Å². The molecule has 3 aromatic heterocycles. The van der Waals surface area contributed by atoms with Crippen LogP contribution in [0.1, 0.15) is 46.9 Å². The second-order valence-corrected chi connectivity index (χ2v) is 8.74. The number of hydrogen-bond acceptors (Lipinski definition) is 7. The molecule has 0 bridgehead atoms. The Bertz CT molecular complexity index is 1000. The predicted octanol–water partition coefficient (Wildman–Crippen LogP) is 3.28. The van der Waals surface area contributed by atoms with Crippen molar-refractivity contribution in [2.75, 3.05) is 11.9 Å². The molecule has 8 nitrogen and oxygen atoms in total. The highest BCUT2D eigenvalue weighted by atomic mass is 15.3. The maximum absolute atomic E-state index is 4.90. The van der Waals surface area contributed by atoms with Crippen LogP contribution in [0.4, 0.5) is 5.82 Å². The monoisotopic (exact) mass is 394 g/mol. The van der Waals surface area contributed by atoms with Crippen LogP contribution in [-0.2, 0) is 6.54 Å². The van der Waals surface area contributed by atoms with Gasteiger partial charge in [-0.2, -0.15) is 0 Å². The van der Waals surface area contributed by atoms with Gasteiger partial charge in [0.15, 0.2) is 17.0 Å². The molecule has 4 heterocycles. The summed E-state index contributed by atoms with van der Waals surface area (Å²) in [5, 5.41) is 3.66. The summed E-state index contributed by atoms with van der Waals surface area (Å²) in [7, 11) is 0. The van der Waals surface area contributed by atoms with Gasteiger partial charge in [0.2, 0.25) is 0 Å². The van der Waals surface area contributed by atoms with Crippen molar-refractivity contribution in [1.82, 2.24) is 34.4 Å². The highest BCUT2D eigenvalue weighted by Crippen LogP contribution is 2.31. The fourth-order valence-electron chi connectivity index (χ4n) is 4.33. The lowest BCUT2D eigenvalue weighted by molar-refractivity contribution is 0.128. The molecular formula is C21H30N8. The molecule has 1 aliphatic heterocycles. The minimum atomic E-state index is 0.152. The van der Waals surface area contributed by atoms with E-state index >= 15 is 0 Å². The van der Waals surface area contributed by atoms with E-state index in [2.05, 4.69) is 69.3 Å². The van der Waals surface area contributed by atoms with Gasteiger partial charge in [0.1, 0.15) is 18.0 Å². The van der Waals surface area contributed by atoms with Crippen molar-refractivity contribution < 1.29 is 0 Å². The number of hydrogen-bond donors (Lipinski definition) is 1. The summed E-state index contributed by atoms with van der Waals surface area (Å²) in [6, 6.07) is 0.739. The van der Waals surface area contributed by atoms with E-state index < -0.39 is 0 Å². The number of imidazole rings is 1. The van der Waals surface area contributed by atoms with Gasteiger partial charge in [-0.1, -0.05) is 0 Å². The third kappa shape index (κ3) is 3.57. The van der Waals surface area contributed by atoms with Crippen molar-refractivity contribution in [2.45, 2.75) is 72.1 Å². The molecule has 0 spiro atoms. The third-order valence-corrected chi connectivity index (χ3v) is 5.83. The lowest BCUT2D eigenvalue weighted by Crippen LogP contribution is -2.46. The summed E-state index contributed by atoms with van der Waals surface area (Å²) in [5.74, 6) is 2.36.